The molecule has 0 saturated heterocycles. The lowest BCUT2D eigenvalue weighted by atomic mass is 10.1. The lowest BCUT2D eigenvalue weighted by Gasteiger charge is -2.13. The van der Waals surface area contributed by atoms with Gasteiger partial charge in [-0.3, -0.25) is 4.57 Å². The van der Waals surface area contributed by atoms with E-state index in [4.69, 9.17) is 12.2 Å². The van der Waals surface area contributed by atoms with E-state index in [1.165, 1.54) is 6.07 Å². The van der Waals surface area contributed by atoms with Gasteiger partial charge in [0, 0.05) is 22.4 Å². The number of benzene rings is 1. The summed E-state index contributed by atoms with van der Waals surface area (Å²) < 4.78 is 29.3. The van der Waals surface area contributed by atoms with Crippen LogP contribution in [0.15, 0.2) is 22.8 Å². The third-order valence-electron chi connectivity index (χ3n) is 2.60. The molecule has 2 aromatic rings. The van der Waals surface area contributed by atoms with E-state index in [1.54, 1.807) is 10.8 Å². The molecule has 1 heterocycles. The molecule has 2 rings (SSSR count). The molecule has 96 valence electrons. The quantitative estimate of drug-likeness (QED) is 0.790. The molecule has 1 N–H and O–H groups in total. The summed E-state index contributed by atoms with van der Waals surface area (Å²) in [7, 11) is 0. The summed E-state index contributed by atoms with van der Waals surface area (Å²) in [6.45, 7) is 3.95. The van der Waals surface area contributed by atoms with E-state index < -0.39 is 11.6 Å². The van der Waals surface area contributed by atoms with Crippen molar-refractivity contribution in [2.24, 2.45) is 0 Å². The average molecular weight is 333 g/mol. The molecule has 1 aromatic carbocycles. The summed E-state index contributed by atoms with van der Waals surface area (Å²) in [6, 6.07) is 2.07. The molecule has 0 aliphatic carbocycles. The number of H-pyrrole nitrogens is 1. The number of imidazole rings is 1. The molecule has 0 saturated carbocycles. The van der Waals surface area contributed by atoms with E-state index in [1.807, 2.05) is 13.8 Å². The first-order valence-corrected chi connectivity index (χ1v) is 6.57. The fraction of sp³-hybridized carbons (Fsp3) is 0.250. The number of aromatic nitrogens is 2. The van der Waals surface area contributed by atoms with Crippen molar-refractivity contribution in [3.05, 3.63) is 44.9 Å². The van der Waals surface area contributed by atoms with Gasteiger partial charge in [0.15, 0.2) is 10.6 Å². The molecule has 2 nitrogen and oxygen atoms in total. The molecular weight excluding hydrogens is 322 g/mol. The van der Waals surface area contributed by atoms with Crippen LogP contribution in [-0.4, -0.2) is 9.55 Å². The first-order valence-electron chi connectivity index (χ1n) is 5.37. The SMILES string of the molecule is CC(C)c1c[nH]c(=S)n1-c1c(F)cc(F)cc1Br. The zero-order valence-electron chi connectivity index (χ0n) is 9.80. The Morgan fingerprint density at radius 1 is 1.33 bits per heavy atom. The van der Waals surface area contributed by atoms with Gasteiger partial charge >= 0.3 is 0 Å². The van der Waals surface area contributed by atoms with Gasteiger partial charge in [-0.25, -0.2) is 8.78 Å². The summed E-state index contributed by atoms with van der Waals surface area (Å²) in [6.07, 6.45) is 1.74. The van der Waals surface area contributed by atoms with Crippen LogP contribution in [0.4, 0.5) is 8.78 Å². The second-order valence-electron chi connectivity index (χ2n) is 4.23. The second kappa shape index (κ2) is 4.93. The van der Waals surface area contributed by atoms with Gasteiger partial charge in [0.1, 0.15) is 5.82 Å². The highest BCUT2D eigenvalue weighted by molar-refractivity contribution is 9.10. The topological polar surface area (TPSA) is 20.7 Å². The van der Waals surface area contributed by atoms with Crippen LogP contribution in [0.5, 0.6) is 0 Å². The third-order valence-corrected chi connectivity index (χ3v) is 3.51. The van der Waals surface area contributed by atoms with Crippen LogP contribution in [0.25, 0.3) is 5.69 Å². The zero-order valence-corrected chi connectivity index (χ0v) is 12.2. The summed E-state index contributed by atoms with van der Waals surface area (Å²) in [5.74, 6) is -1.12. The Bertz CT molecular complexity index is 623. The maximum atomic E-state index is 13.9. The van der Waals surface area contributed by atoms with E-state index in [0.717, 1.165) is 11.8 Å². The smallest absolute Gasteiger partial charge is 0.182 e. The molecule has 0 unspecified atom stereocenters. The molecular formula is C12H11BrF2N2S. The van der Waals surface area contributed by atoms with Crippen LogP contribution >= 0.6 is 28.1 Å². The standard InChI is InChI=1S/C12H11BrF2N2S/c1-6(2)10-5-16-12(18)17(10)11-8(13)3-7(14)4-9(11)15/h3-6H,1-2H3,(H,16,18). The Hall–Kier alpha value is -1.01. The van der Waals surface area contributed by atoms with E-state index in [-0.39, 0.29) is 11.6 Å². The predicted octanol–water partition coefficient (Wildman–Crippen LogP) is 4.70. The monoisotopic (exact) mass is 332 g/mol. The van der Waals surface area contributed by atoms with E-state index in [9.17, 15) is 8.78 Å². The number of halogens is 3. The fourth-order valence-corrected chi connectivity index (χ4v) is 2.63. The van der Waals surface area contributed by atoms with Crippen molar-refractivity contribution in [1.82, 2.24) is 9.55 Å². The van der Waals surface area contributed by atoms with Gasteiger partial charge < -0.3 is 4.98 Å². The Labute approximate surface area is 117 Å². The van der Waals surface area contributed by atoms with Crippen molar-refractivity contribution in [1.29, 1.82) is 0 Å². The molecule has 0 fully saturated rings. The second-order valence-corrected chi connectivity index (χ2v) is 5.47. The summed E-state index contributed by atoms with van der Waals surface area (Å²) >= 11 is 8.33. The third kappa shape index (κ3) is 2.27. The summed E-state index contributed by atoms with van der Waals surface area (Å²) in [5.41, 5.74) is 1.07. The average Bonchev–Trinajstić information content (AvgIpc) is 2.59. The van der Waals surface area contributed by atoms with Gasteiger partial charge in [0.25, 0.3) is 0 Å². The molecule has 0 aliphatic heterocycles. The Balaban J connectivity index is 2.77. The Morgan fingerprint density at radius 2 is 2.00 bits per heavy atom. The summed E-state index contributed by atoms with van der Waals surface area (Å²) in [4.78, 5) is 2.88. The molecule has 0 aliphatic rings. The van der Waals surface area contributed by atoms with Crippen LogP contribution < -0.4 is 0 Å². The molecule has 0 bridgehead atoms. The number of rotatable bonds is 2. The Morgan fingerprint density at radius 3 is 2.56 bits per heavy atom. The Kier molecular flexibility index (Phi) is 3.68. The van der Waals surface area contributed by atoms with Crippen molar-refractivity contribution in [2.45, 2.75) is 19.8 Å². The van der Waals surface area contributed by atoms with Crippen molar-refractivity contribution < 1.29 is 8.78 Å². The molecule has 0 spiro atoms. The predicted molar refractivity (Wildman–Crippen MR) is 72.7 cm³/mol. The number of nitrogens with zero attached hydrogens (tertiary/aromatic N) is 1. The van der Waals surface area contributed by atoms with Gasteiger partial charge in [-0.15, -0.1) is 0 Å². The molecule has 1 aromatic heterocycles. The van der Waals surface area contributed by atoms with Gasteiger partial charge in [-0.1, -0.05) is 13.8 Å². The van der Waals surface area contributed by atoms with Crippen LogP contribution in [0, 0.1) is 16.4 Å². The molecule has 6 heteroatoms. The highest BCUT2D eigenvalue weighted by Gasteiger charge is 2.17. The molecule has 0 amide bonds. The number of hydrogen-bond donors (Lipinski definition) is 1. The molecule has 0 radical (unpaired) electrons. The molecule has 18 heavy (non-hydrogen) atoms. The molecule has 0 atom stereocenters. The minimum Gasteiger partial charge on any atom is -0.337 e. The first kappa shape index (κ1) is 13.4. The highest BCUT2D eigenvalue weighted by Crippen LogP contribution is 2.29. The van der Waals surface area contributed by atoms with E-state index in [0.29, 0.717) is 9.24 Å². The van der Waals surface area contributed by atoms with Crippen molar-refractivity contribution in [3.63, 3.8) is 0 Å². The van der Waals surface area contributed by atoms with Crippen LogP contribution in [0.3, 0.4) is 0 Å². The number of nitrogens with one attached hydrogen (secondary N) is 1. The maximum Gasteiger partial charge on any atom is 0.182 e. The number of aromatic amines is 1. The zero-order chi connectivity index (χ0) is 13.4. The largest absolute Gasteiger partial charge is 0.337 e. The van der Waals surface area contributed by atoms with Crippen molar-refractivity contribution >= 4 is 28.1 Å². The van der Waals surface area contributed by atoms with Crippen LogP contribution in [-0.2, 0) is 0 Å². The highest BCUT2D eigenvalue weighted by atomic mass is 79.9. The normalized spacial score (nSPS) is 11.2. The lowest BCUT2D eigenvalue weighted by molar-refractivity contribution is 0.573. The minimum atomic E-state index is -0.653. The maximum absolute atomic E-state index is 13.9. The van der Waals surface area contributed by atoms with Crippen molar-refractivity contribution in [2.75, 3.05) is 0 Å². The minimum absolute atomic E-state index is 0.161. The van der Waals surface area contributed by atoms with Gasteiger partial charge in [0.2, 0.25) is 0 Å². The van der Waals surface area contributed by atoms with E-state index >= 15 is 0 Å². The van der Waals surface area contributed by atoms with Gasteiger partial charge in [-0.2, -0.15) is 0 Å². The van der Waals surface area contributed by atoms with Gasteiger partial charge in [-0.05, 0) is 40.1 Å². The van der Waals surface area contributed by atoms with Crippen LogP contribution in [0.1, 0.15) is 25.5 Å². The van der Waals surface area contributed by atoms with Crippen LogP contribution in [0.2, 0.25) is 0 Å². The number of hydrogen-bond acceptors (Lipinski definition) is 1. The summed E-state index contributed by atoms with van der Waals surface area (Å²) in [5, 5.41) is 0. The lowest BCUT2D eigenvalue weighted by Crippen LogP contribution is -2.05. The first-order chi connectivity index (χ1) is 8.41. The van der Waals surface area contributed by atoms with Crippen molar-refractivity contribution in [3.8, 4) is 5.69 Å². The fourth-order valence-electron chi connectivity index (χ4n) is 1.79. The van der Waals surface area contributed by atoms with E-state index in [2.05, 4.69) is 20.9 Å². The van der Waals surface area contributed by atoms with Gasteiger partial charge in [0.05, 0.1) is 5.69 Å².